The first-order valence-corrected chi connectivity index (χ1v) is 9.55. The van der Waals surface area contributed by atoms with Crippen LogP contribution in [0.25, 0.3) is 0 Å². The number of nitrogens with one attached hydrogen (secondary N) is 2. The summed E-state index contributed by atoms with van der Waals surface area (Å²) in [6, 6.07) is 22.0. The minimum Gasteiger partial charge on any atom is -0.495 e. The summed E-state index contributed by atoms with van der Waals surface area (Å²) in [6.07, 6.45) is 0. The fraction of sp³-hybridized carbons (Fsp3) is 0.174. The Morgan fingerprint density at radius 3 is 2.17 bits per heavy atom. The number of halogens is 1. The van der Waals surface area contributed by atoms with E-state index in [1.165, 1.54) is 7.11 Å². The summed E-state index contributed by atoms with van der Waals surface area (Å²) in [4.78, 5) is 13.1. The number of benzene rings is 3. The highest BCUT2D eigenvalue weighted by molar-refractivity contribution is 6.32. The minimum atomic E-state index is -0.627. The number of methoxy groups -OCH3 is 2. The molecular weight excluding hydrogens is 388 g/mol. The molecule has 0 aliphatic heterocycles. The van der Waals surface area contributed by atoms with Crippen molar-refractivity contribution in [2.24, 2.45) is 0 Å². The first kappa shape index (κ1) is 20.6. The van der Waals surface area contributed by atoms with Crippen molar-refractivity contribution in [3.63, 3.8) is 0 Å². The number of rotatable bonds is 8. The van der Waals surface area contributed by atoms with Crippen molar-refractivity contribution in [1.29, 1.82) is 0 Å². The average Bonchev–Trinajstić information content (AvgIpc) is 2.77. The van der Waals surface area contributed by atoms with E-state index in [4.69, 9.17) is 21.1 Å². The zero-order valence-electron chi connectivity index (χ0n) is 16.3. The zero-order chi connectivity index (χ0) is 20.6. The topological polar surface area (TPSA) is 59.6 Å². The van der Waals surface area contributed by atoms with Gasteiger partial charge >= 0.3 is 0 Å². The number of ether oxygens (including phenoxy) is 2. The third-order valence-electron chi connectivity index (χ3n) is 4.48. The first-order chi connectivity index (χ1) is 14.1. The van der Waals surface area contributed by atoms with Gasteiger partial charge in [-0.25, -0.2) is 0 Å². The van der Waals surface area contributed by atoms with Gasteiger partial charge in [-0.05, 0) is 17.2 Å². The van der Waals surface area contributed by atoms with Crippen molar-refractivity contribution in [2.45, 2.75) is 12.6 Å². The van der Waals surface area contributed by atoms with Gasteiger partial charge in [0, 0.05) is 12.6 Å². The van der Waals surface area contributed by atoms with Gasteiger partial charge in [-0.3, -0.25) is 4.79 Å². The maximum Gasteiger partial charge on any atom is 0.247 e. The average molecular weight is 411 g/mol. The summed E-state index contributed by atoms with van der Waals surface area (Å²) in [5.41, 5.74) is 2.45. The van der Waals surface area contributed by atoms with E-state index in [0.717, 1.165) is 11.1 Å². The van der Waals surface area contributed by atoms with Gasteiger partial charge in [0.1, 0.15) is 17.5 Å². The lowest BCUT2D eigenvalue weighted by Crippen LogP contribution is -2.33. The van der Waals surface area contributed by atoms with Gasteiger partial charge in [-0.2, -0.15) is 0 Å². The fourth-order valence-electron chi connectivity index (χ4n) is 2.96. The zero-order valence-corrected chi connectivity index (χ0v) is 17.1. The smallest absolute Gasteiger partial charge is 0.247 e. The highest BCUT2D eigenvalue weighted by atomic mass is 35.5. The van der Waals surface area contributed by atoms with Crippen molar-refractivity contribution in [3.8, 4) is 11.5 Å². The van der Waals surface area contributed by atoms with Crippen molar-refractivity contribution in [3.05, 3.63) is 88.9 Å². The lowest BCUT2D eigenvalue weighted by molar-refractivity contribution is -0.122. The Morgan fingerprint density at radius 1 is 0.931 bits per heavy atom. The van der Waals surface area contributed by atoms with Crippen molar-refractivity contribution in [2.75, 3.05) is 19.5 Å². The van der Waals surface area contributed by atoms with Gasteiger partial charge in [-0.15, -0.1) is 0 Å². The predicted molar refractivity (Wildman–Crippen MR) is 116 cm³/mol. The molecule has 0 saturated heterocycles. The van der Waals surface area contributed by atoms with Gasteiger partial charge in [0.15, 0.2) is 0 Å². The summed E-state index contributed by atoms with van der Waals surface area (Å²) in [5.74, 6) is 0.871. The van der Waals surface area contributed by atoms with E-state index in [9.17, 15) is 4.79 Å². The molecule has 1 atom stereocenters. The van der Waals surface area contributed by atoms with Crippen LogP contribution in [0.15, 0.2) is 72.8 Å². The minimum absolute atomic E-state index is 0.158. The molecule has 150 valence electrons. The van der Waals surface area contributed by atoms with E-state index in [-0.39, 0.29) is 5.91 Å². The summed E-state index contributed by atoms with van der Waals surface area (Å²) in [7, 11) is 3.10. The molecule has 0 bridgehead atoms. The Labute approximate surface area is 175 Å². The van der Waals surface area contributed by atoms with Crippen LogP contribution in [-0.4, -0.2) is 20.1 Å². The maximum atomic E-state index is 13.1. The summed E-state index contributed by atoms with van der Waals surface area (Å²) < 4.78 is 10.7. The Bertz CT molecular complexity index is 949. The van der Waals surface area contributed by atoms with Gasteiger partial charge in [0.05, 0.1) is 24.9 Å². The summed E-state index contributed by atoms with van der Waals surface area (Å²) in [5, 5.41) is 6.68. The van der Waals surface area contributed by atoms with Gasteiger partial charge in [0.25, 0.3) is 0 Å². The molecule has 5 nitrogen and oxygen atoms in total. The molecule has 6 heteroatoms. The van der Waals surface area contributed by atoms with Crippen LogP contribution in [0.4, 0.5) is 5.69 Å². The SMILES string of the molecule is COc1cc(OC)c(N[C@H](C(=O)NCc2ccccc2)c2ccccc2)cc1Cl. The second-order valence-electron chi connectivity index (χ2n) is 6.38. The number of carbonyl (C=O) groups is 1. The molecule has 3 aromatic carbocycles. The van der Waals surface area contributed by atoms with Crippen LogP contribution in [0.2, 0.25) is 5.02 Å². The lowest BCUT2D eigenvalue weighted by Gasteiger charge is -2.22. The van der Waals surface area contributed by atoms with Gasteiger partial charge in [0.2, 0.25) is 5.91 Å². The van der Waals surface area contributed by atoms with Gasteiger partial charge in [-0.1, -0.05) is 72.3 Å². The molecule has 0 heterocycles. The van der Waals surface area contributed by atoms with Crippen LogP contribution in [0.3, 0.4) is 0 Å². The number of hydrogen-bond acceptors (Lipinski definition) is 4. The highest BCUT2D eigenvalue weighted by Crippen LogP contribution is 2.37. The maximum absolute atomic E-state index is 13.1. The quantitative estimate of drug-likeness (QED) is 0.558. The van der Waals surface area contributed by atoms with Crippen molar-refractivity contribution in [1.82, 2.24) is 5.32 Å². The predicted octanol–water partition coefficient (Wildman–Crippen LogP) is 4.83. The van der Waals surface area contributed by atoms with E-state index in [1.54, 1.807) is 19.2 Å². The van der Waals surface area contributed by atoms with Crippen molar-refractivity contribution >= 4 is 23.2 Å². The number of hydrogen-bond donors (Lipinski definition) is 2. The van der Waals surface area contributed by atoms with Crippen LogP contribution >= 0.6 is 11.6 Å². The molecule has 0 aliphatic rings. The molecule has 0 fully saturated rings. The largest absolute Gasteiger partial charge is 0.495 e. The van der Waals surface area contributed by atoms with E-state index in [0.29, 0.717) is 28.8 Å². The second-order valence-corrected chi connectivity index (χ2v) is 6.79. The number of carbonyl (C=O) groups excluding carboxylic acids is 1. The fourth-order valence-corrected chi connectivity index (χ4v) is 3.20. The highest BCUT2D eigenvalue weighted by Gasteiger charge is 2.22. The molecular formula is C23H23ClN2O3. The van der Waals surface area contributed by atoms with E-state index < -0.39 is 6.04 Å². The Morgan fingerprint density at radius 2 is 1.55 bits per heavy atom. The Balaban J connectivity index is 1.87. The van der Waals surface area contributed by atoms with Crippen LogP contribution < -0.4 is 20.1 Å². The Hall–Kier alpha value is -3.18. The van der Waals surface area contributed by atoms with Crippen LogP contribution in [0.1, 0.15) is 17.2 Å². The second kappa shape index (κ2) is 9.85. The van der Waals surface area contributed by atoms with Crippen LogP contribution in [0.5, 0.6) is 11.5 Å². The third kappa shape index (κ3) is 5.21. The monoisotopic (exact) mass is 410 g/mol. The summed E-state index contributed by atoms with van der Waals surface area (Å²) in [6.45, 7) is 0.436. The molecule has 0 spiro atoms. The van der Waals surface area contributed by atoms with E-state index in [2.05, 4.69) is 10.6 Å². The molecule has 29 heavy (non-hydrogen) atoms. The van der Waals surface area contributed by atoms with E-state index in [1.807, 2.05) is 60.7 Å². The first-order valence-electron chi connectivity index (χ1n) is 9.17. The van der Waals surface area contributed by atoms with Crippen LogP contribution in [-0.2, 0) is 11.3 Å². The third-order valence-corrected chi connectivity index (χ3v) is 4.77. The molecule has 3 aromatic rings. The van der Waals surface area contributed by atoms with Crippen LogP contribution in [0, 0.1) is 0 Å². The Kier molecular flexibility index (Phi) is 6.98. The molecule has 0 saturated carbocycles. The summed E-state index contributed by atoms with van der Waals surface area (Å²) >= 11 is 6.29. The molecule has 1 amide bonds. The van der Waals surface area contributed by atoms with Crippen molar-refractivity contribution < 1.29 is 14.3 Å². The number of amides is 1. The van der Waals surface area contributed by atoms with Gasteiger partial charge < -0.3 is 20.1 Å². The molecule has 2 N–H and O–H groups in total. The lowest BCUT2D eigenvalue weighted by atomic mass is 10.1. The number of anilines is 1. The molecule has 0 unspecified atom stereocenters. The molecule has 3 rings (SSSR count). The molecule has 0 aliphatic carbocycles. The van der Waals surface area contributed by atoms with E-state index >= 15 is 0 Å². The normalized spacial score (nSPS) is 11.4. The molecule has 0 radical (unpaired) electrons. The standard InChI is InChI=1S/C23H23ClN2O3/c1-28-20-14-21(29-2)19(13-18(20)24)26-22(17-11-7-4-8-12-17)23(27)25-15-16-9-5-3-6-10-16/h3-14,22,26H,15H2,1-2H3,(H,25,27)/t22-/m0/s1. The molecule has 0 aromatic heterocycles.